The second-order valence-corrected chi connectivity index (χ2v) is 7.24. The smallest absolute Gasteiger partial charge is 0.410 e. The highest BCUT2D eigenvalue weighted by molar-refractivity contribution is 7.99. The lowest BCUT2D eigenvalue weighted by atomic mass is 10.2. The average Bonchev–Trinajstić information content (AvgIpc) is 2.77. The summed E-state index contributed by atoms with van der Waals surface area (Å²) in [4.78, 5) is 16.4. The molecule has 5 heteroatoms. The predicted octanol–water partition coefficient (Wildman–Crippen LogP) is 2.04. The summed E-state index contributed by atoms with van der Waals surface area (Å²) in [6, 6.07) is 0.540. The number of carbonyl (C=O) groups is 1. The van der Waals surface area contributed by atoms with Crippen LogP contribution in [0.4, 0.5) is 4.79 Å². The van der Waals surface area contributed by atoms with Crippen LogP contribution in [-0.4, -0.2) is 65.2 Å². The molecule has 1 atom stereocenters. The lowest BCUT2D eigenvalue weighted by Crippen LogP contribution is -2.43. The first-order chi connectivity index (χ1) is 8.46. The van der Waals surface area contributed by atoms with Gasteiger partial charge in [-0.3, -0.25) is 4.90 Å². The van der Waals surface area contributed by atoms with Crippen molar-refractivity contribution in [3.05, 3.63) is 0 Å². The Morgan fingerprint density at radius 1 is 1.22 bits per heavy atom. The monoisotopic (exact) mass is 272 g/mol. The molecule has 0 saturated carbocycles. The van der Waals surface area contributed by atoms with Crippen LogP contribution in [0.25, 0.3) is 0 Å². The Labute approximate surface area is 114 Å². The van der Waals surface area contributed by atoms with Crippen LogP contribution < -0.4 is 0 Å². The first-order valence-electron chi connectivity index (χ1n) is 6.75. The Kier molecular flexibility index (Phi) is 4.43. The molecule has 2 saturated heterocycles. The lowest BCUT2D eigenvalue weighted by Gasteiger charge is -2.32. The summed E-state index contributed by atoms with van der Waals surface area (Å²) in [6.45, 7) is 9.75. The highest BCUT2D eigenvalue weighted by atomic mass is 32.2. The van der Waals surface area contributed by atoms with Gasteiger partial charge in [-0.15, -0.1) is 0 Å². The quantitative estimate of drug-likeness (QED) is 0.731. The van der Waals surface area contributed by atoms with Crippen molar-refractivity contribution in [1.29, 1.82) is 0 Å². The van der Waals surface area contributed by atoms with Gasteiger partial charge in [-0.1, -0.05) is 0 Å². The normalized spacial score (nSPS) is 26.4. The number of hydrogen-bond donors (Lipinski definition) is 0. The van der Waals surface area contributed by atoms with E-state index in [1.165, 1.54) is 11.5 Å². The molecule has 0 spiro atoms. The van der Waals surface area contributed by atoms with Gasteiger partial charge < -0.3 is 9.64 Å². The molecule has 2 heterocycles. The SMILES string of the molecule is CC(C)(C)OC(=O)N1CCC(N2CCSCC2)C1. The minimum absolute atomic E-state index is 0.156. The lowest BCUT2D eigenvalue weighted by molar-refractivity contribution is 0.0281. The fourth-order valence-electron chi connectivity index (χ4n) is 2.47. The van der Waals surface area contributed by atoms with E-state index < -0.39 is 5.60 Å². The van der Waals surface area contributed by atoms with Crippen molar-refractivity contribution in [2.45, 2.75) is 38.8 Å². The molecule has 4 nitrogen and oxygen atoms in total. The minimum Gasteiger partial charge on any atom is -0.444 e. The largest absolute Gasteiger partial charge is 0.444 e. The van der Waals surface area contributed by atoms with Gasteiger partial charge in [0.05, 0.1) is 0 Å². The molecule has 2 aliphatic heterocycles. The fourth-order valence-corrected chi connectivity index (χ4v) is 3.41. The maximum atomic E-state index is 12.0. The summed E-state index contributed by atoms with van der Waals surface area (Å²) in [6.07, 6.45) is 0.931. The molecule has 0 aliphatic carbocycles. The molecule has 0 aromatic rings. The molecule has 0 aromatic heterocycles. The number of rotatable bonds is 1. The van der Waals surface area contributed by atoms with E-state index in [0.717, 1.165) is 32.6 Å². The first-order valence-corrected chi connectivity index (χ1v) is 7.91. The van der Waals surface area contributed by atoms with Crippen molar-refractivity contribution in [2.24, 2.45) is 0 Å². The Balaban J connectivity index is 1.82. The Morgan fingerprint density at radius 3 is 2.50 bits per heavy atom. The van der Waals surface area contributed by atoms with Gasteiger partial charge in [0.2, 0.25) is 0 Å². The average molecular weight is 272 g/mol. The van der Waals surface area contributed by atoms with Gasteiger partial charge in [-0.2, -0.15) is 11.8 Å². The van der Waals surface area contributed by atoms with Gasteiger partial charge in [0, 0.05) is 43.7 Å². The molecule has 1 unspecified atom stereocenters. The zero-order valence-corrected chi connectivity index (χ0v) is 12.5. The van der Waals surface area contributed by atoms with E-state index in [9.17, 15) is 4.79 Å². The van der Waals surface area contributed by atoms with Crippen LogP contribution in [-0.2, 0) is 4.74 Å². The summed E-state index contributed by atoms with van der Waals surface area (Å²) in [7, 11) is 0. The minimum atomic E-state index is -0.392. The number of hydrogen-bond acceptors (Lipinski definition) is 4. The van der Waals surface area contributed by atoms with E-state index >= 15 is 0 Å². The van der Waals surface area contributed by atoms with E-state index in [1.54, 1.807) is 0 Å². The number of likely N-dealkylation sites (tertiary alicyclic amines) is 1. The van der Waals surface area contributed by atoms with Crippen molar-refractivity contribution in [1.82, 2.24) is 9.80 Å². The third-order valence-electron chi connectivity index (χ3n) is 3.38. The second-order valence-electron chi connectivity index (χ2n) is 6.02. The standard InChI is InChI=1S/C13H24N2O2S/c1-13(2,3)17-12(16)15-5-4-11(10-15)14-6-8-18-9-7-14/h11H,4-10H2,1-3H3. The van der Waals surface area contributed by atoms with E-state index in [4.69, 9.17) is 4.74 Å². The van der Waals surface area contributed by atoms with Gasteiger partial charge >= 0.3 is 6.09 Å². The Hall–Kier alpha value is -0.420. The van der Waals surface area contributed by atoms with E-state index in [0.29, 0.717) is 6.04 Å². The molecule has 0 N–H and O–H groups in total. The highest BCUT2D eigenvalue weighted by Gasteiger charge is 2.33. The molecule has 104 valence electrons. The molecule has 2 fully saturated rings. The third-order valence-corrected chi connectivity index (χ3v) is 4.32. The predicted molar refractivity (Wildman–Crippen MR) is 75.1 cm³/mol. The van der Waals surface area contributed by atoms with E-state index in [1.807, 2.05) is 37.4 Å². The van der Waals surface area contributed by atoms with Crippen molar-refractivity contribution in [3.8, 4) is 0 Å². The molecule has 0 radical (unpaired) electrons. The zero-order valence-electron chi connectivity index (χ0n) is 11.6. The highest BCUT2D eigenvalue weighted by Crippen LogP contribution is 2.21. The molecule has 2 rings (SSSR count). The van der Waals surface area contributed by atoms with Crippen LogP contribution in [0, 0.1) is 0 Å². The summed E-state index contributed by atoms with van der Waals surface area (Å²) >= 11 is 2.03. The molecule has 0 bridgehead atoms. The van der Waals surface area contributed by atoms with Crippen LogP contribution in [0.15, 0.2) is 0 Å². The summed E-state index contributed by atoms with van der Waals surface area (Å²) in [5, 5.41) is 0. The van der Waals surface area contributed by atoms with Gasteiger partial charge in [0.1, 0.15) is 5.60 Å². The fraction of sp³-hybridized carbons (Fsp3) is 0.923. The second kappa shape index (κ2) is 5.70. The number of ether oxygens (including phenoxy) is 1. The topological polar surface area (TPSA) is 32.8 Å². The zero-order chi connectivity index (χ0) is 13.2. The van der Waals surface area contributed by atoms with Crippen molar-refractivity contribution >= 4 is 17.9 Å². The van der Waals surface area contributed by atoms with Crippen molar-refractivity contribution in [2.75, 3.05) is 37.7 Å². The summed E-state index contributed by atoms with van der Waals surface area (Å²) in [5.41, 5.74) is -0.392. The number of carbonyl (C=O) groups excluding carboxylic acids is 1. The third kappa shape index (κ3) is 3.79. The Morgan fingerprint density at radius 2 is 1.89 bits per heavy atom. The van der Waals surface area contributed by atoms with Crippen LogP contribution in [0.3, 0.4) is 0 Å². The molecule has 1 amide bonds. The van der Waals surface area contributed by atoms with Crippen LogP contribution >= 0.6 is 11.8 Å². The first kappa shape index (κ1) is 14.0. The number of thioether (sulfide) groups is 1. The maximum Gasteiger partial charge on any atom is 0.410 e. The van der Waals surface area contributed by atoms with E-state index in [2.05, 4.69) is 4.90 Å². The molecule has 0 aromatic carbocycles. The van der Waals surface area contributed by atoms with Gasteiger partial charge in [-0.05, 0) is 27.2 Å². The van der Waals surface area contributed by atoms with Crippen LogP contribution in [0.5, 0.6) is 0 Å². The van der Waals surface area contributed by atoms with Gasteiger partial charge in [0.25, 0.3) is 0 Å². The van der Waals surface area contributed by atoms with Gasteiger partial charge in [0.15, 0.2) is 0 Å². The Bertz CT molecular complexity index is 298. The van der Waals surface area contributed by atoms with Gasteiger partial charge in [-0.25, -0.2) is 4.79 Å². The number of amides is 1. The summed E-state index contributed by atoms with van der Waals surface area (Å²) < 4.78 is 5.42. The van der Waals surface area contributed by atoms with Crippen LogP contribution in [0.2, 0.25) is 0 Å². The molecule has 18 heavy (non-hydrogen) atoms. The molecular weight excluding hydrogens is 248 g/mol. The molecular formula is C13H24N2O2S. The van der Waals surface area contributed by atoms with E-state index in [-0.39, 0.29) is 6.09 Å². The van der Waals surface area contributed by atoms with Crippen LogP contribution in [0.1, 0.15) is 27.2 Å². The maximum absolute atomic E-state index is 12.0. The summed E-state index contributed by atoms with van der Waals surface area (Å²) in [5.74, 6) is 2.45. The number of nitrogens with zero attached hydrogens (tertiary/aromatic N) is 2. The van der Waals surface area contributed by atoms with Crippen molar-refractivity contribution < 1.29 is 9.53 Å². The molecule has 2 aliphatic rings. The van der Waals surface area contributed by atoms with Crippen molar-refractivity contribution in [3.63, 3.8) is 0 Å².